The molecule has 112 valence electrons. The van der Waals surface area contributed by atoms with Crippen LogP contribution >= 0.6 is 39.1 Å². The first-order chi connectivity index (χ1) is 10.0. The van der Waals surface area contributed by atoms with Crippen LogP contribution in [0.3, 0.4) is 0 Å². The van der Waals surface area contributed by atoms with Crippen molar-refractivity contribution in [1.82, 2.24) is 5.43 Å². The fourth-order valence-electron chi connectivity index (χ4n) is 2.13. The molecule has 0 aliphatic rings. The van der Waals surface area contributed by atoms with Crippen LogP contribution in [0.2, 0.25) is 10.0 Å². The molecular formula is C15H15BrCl2N2O. The Bertz CT molecular complexity index is 637. The lowest BCUT2D eigenvalue weighted by Gasteiger charge is -2.19. The number of ether oxygens (including phenoxy) is 1. The molecule has 0 fully saturated rings. The van der Waals surface area contributed by atoms with Crippen LogP contribution < -0.4 is 16.0 Å². The molecule has 0 aliphatic heterocycles. The summed E-state index contributed by atoms with van der Waals surface area (Å²) in [6.45, 7) is 0. The highest BCUT2D eigenvalue weighted by Gasteiger charge is 2.15. The predicted molar refractivity (Wildman–Crippen MR) is 90.9 cm³/mol. The molecule has 2 aromatic rings. The number of benzene rings is 2. The standard InChI is InChI=1S/C15H15BrCl2N2O/c1-21-15-5-3-11(16)6-10(15)8-14(20-19)9-2-4-12(17)13(18)7-9/h2-7,14,20H,8,19H2,1H3. The van der Waals surface area contributed by atoms with Gasteiger partial charge in [0.2, 0.25) is 0 Å². The molecule has 6 heteroatoms. The number of nitrogens with one attached hydrogen (secondary N) is 1. The monoisotopic (exact) mass is 388 g/mol. The molecule has 3 N–H and O–H groups in total. The number of hydrogen-bond donors (Lipinski definition) is 2. The highest BCUT2D eigenvalue weighted by molar-refractivity contribution is 9.10. The SMILES string of the molecule is COc1ccc(Br)cc1CC(NN)c1ccc(Cl)c(Cl)c1. The Morgan fingerprint density at radius 3 is 2.57 bits per heavy atom. The minimum Gasteiger partial charge on any atom is -0.496 e. The highest BCUT2D eigenvalue weighted by Crippen LogP contribution is 2.30. The van der Waals surface area contributed by atoms with E-state index in [4.69, 9.17) is 33.8 Å². The van der Waals surface area contributed by atoms with Gasteiger partial charge < -0.3 is 4.74 Å². The summed E-state index contributed by atoms with van der Waals surface area (Å²) in [5.74, 6) is 6.51. The van der Waals surface area contributed by atoms with E-state index in [0.29, 0.717) is 16.5 Å². The Hall–Kier alpha value is -0.780. The Morgan fingerprint density at radius 1 is 1.19 bits per heavy atom. The molecule has 0 aromatic heterocycles. The Morgan fingerprint density at radius 2 is 1.95 bits per heavy atom. The molecule has 1 atom stereocenters. The number of nitrogens with two attached hydrogens (primary N) is 1. The molecule has 0 radical (unpaired) electrons. The van der Waals surface area contributed by atoms with Gasteiger partial charge in [-0.25, -0.2) is 0 Å². The Kier molecular flexibility index (Phi) is 5.90. The molecule has 0 saturated heterocycles. The Balaban J connectivity index is 2.30. The average Bonchev–Trinajstić information content (AvgIpc) is 2.48. The number of halogens is 3. The van der Waals surface area contributed by atoms with Crippen molar-refractivity contribution in [2.75, 3.05) is 7.11 Å². The first-order valence-corrected chi connectivity index (χ1v) is 7.83. The maximum Gasteiger partial charge on any atom is 0.122 e. The predicted octanol–water partition coefficient (Wildman–Crippen LogP) is 4.51. The van der Waals surface area contributed by atoms with E-state index in [2.05, 4.69) is 21.4 Å². The van der Waals surface area contributed by atoms with Crippen molar-refractivity contribution in [1.29, 1.82) is 0 Å². The van der Waals surface area contributed by atoms with E-state index in [0.717, 1.165) is 21.3 Å². The molecule has 2 rings (SSSR count). The normalized spacial score (nSPS) is 12.2. The third-order valence-electron chi connectivity index (χ3n) is 3.21. The van der Waals surface area contributed by atoms with Gasteiger partial charge in [0.25, 0.3) is 0 Å². The maximum absolute atomic E-state index is 6.07. The van der Waals surface area contributed by atoms with E-state index in [9.17, 15) is 0 Å². The van der Waals surface area contributed by atoms with Gasteiger partial charge in [-0.15, -0.1) is 0 Å². The second-order valence-electron chi connectivity index (χ2n) is 4.55. The lowest BCUT2D eigenvalue weighted by molar-refractivity contribution is 0.405. The third-order valence-corrected chi connectivity index (χ3v) is 4.45. The van der Waals surface area contributed by atoms with Crippen molar-refractivity contribution in [2.45, 2.75) is 12.5 Å². The minimum absolute atomic E-state index is 0.0945. The summed E-state index contributed by atoms with van der Waals surface area (Å²) in [7, 11) is 1.65. The third kappa shape index (κ3) is 4.11. The Labute approximate surface area is 142 Å². The van der Waals surface area contributed by atoms with Gasteiger partial charge in [0.1, 0.15) is 5.75 Å². The first kappa shape index (κ1) is 16.6. The van der Waals surface area contributed by atoms with Gasteiger partial charge in [-0.3, -0.25) is 11.3 Å². The van der Waals surface area contributed by atoms with Crippen molar-refractivity contribution in [3.05, 3.63) is 62.0 Å². The van der Waals surface area contributed by atoms with Gasteiger partial charge in [-0.05, 0) is 47.9 Å². The second kappa shape index (κ2) is 7.47. The van der Waals surface area contributed by atoms with Gasteiger partial charge in [0.15, 0.2) is 0 Å². The highest BCUT2D eigenvalue weighted by atomic mass is 79.9. The fraction of sp³-hybridized carbons (Fsp3) is 0.200. The van der Waals surface area contributed by atoms with Crippen LogP contribution in [0.15, 0.2) is 40.9 Å². The zero-order valence-corrected chi connectivity index (χ0v) is 14.5. The van der Waals surface area contributed by atoms with Crippen LogP contribution in [-0.4, -0.2) is 7.11 Å². The number of rotatable bonds is 5. The largest absolute Gasteiger partial charge is 0.496 e. The molecule has 0 spiro atoms. The van der Waals surface area contributed by atoms with Gasteiger partial charge >= 0.3 is 0 Å². The number of hydrazine groups is 1. The van der Waals surface area contributed by atoms with Crippen molar-refractivity contribution >= 4 is 39.1 Å². The van der Waals surface area contributed by atoms with E-state index in [1.165, 1.54) is 0 Å². The summed E-state index contributed by atoms with van der Waals surface area (Å²) >= 11 is 15.5. The van der Waals surface area contributed by atoms with Crippen molar-refractivity contribution in [3.63, 3.8) is 0 Å². The maximum atomic E-state index is 6.07. The molecule has 0 aliphatic carbocycles. The summed E-state index contributed by atoms with van der Waals surface area (Å²) in [6, 6.07) is 11.3. The zero-order chi connectivity index (χ0) is 15.4. The van der Waals surface area contributed by atoms with Gasteiger partial charge in [0, 0.05) is 4.47 Å². The number of hydrogen-bond acceptors (Lipinski definition) is 3. The number of methoxy groups -OCH3 is 1. The van der Waals surface area contributed by atoms with Crippen LogP contribution in [0.4, 0.5) is 0 Å². The summed E-state index contributed by atoms with van der Waals surface area (Å²) < 4.78 is 6.38. The quantitative estimate of drug-likeness (QED) is 0.584. The van der Waals surface area contributed by atoms with E-state index < -0.39 is 0 Å². The van der Waals surface area contributed by atoms with Crippen LogP contribution in [-0.2, 0) is 6.42 Å². The van der Waals surface area contributed by atoms with E-state index in [1.54, 1.807) is 13.2 Å². The van der Waals surface area contributed by atoms with Crippen molar-refractivity contribution in [2.24, 2.45) is 5.84 Å². The smallest absolute Gasteiger partial charge is 0.122 e. The molecule has 21 heavy (non-hydrogen) atoms. The van der Waals surface area contributed by atoms with Crippen molar-refractivity contribution < 1.29 is 4.74 Å². The van der Waals surface area contributed by atoms with Crippen LogP contribution in [0.25, 0.3) is 0 Å². The molecule has 1 unspecified atom stereocenters. The summed E-state index contributed by atoms with van der Waals surface area (Å²) in [6.07, 6.45) is 0.664. The van der Waals surface area contributed by atoms with Gasteiger partial charge in [-0.2, -0.15) is 0 Å². The second-order valence-corrected chi connectivity index (χ2v) is 6.28. The van der Waals surface area contributed by atoms with Crippen LogP contribution in [0, 0.1) is 0 Å². The molecule has 2 aromatic carbocycles. The van der Waals surface area contributed by atoms with Gasteiger partial charge in [0.05, 0.1) is 23.2 Å². The van der Waals surface area contributed by atoms with Crippen LogP contribution in [0.1, 0.15) is 17.2 Å². The van der Waals surface area contributed by atoms with Crippen molar-refractivity contribution in [3.8, 4) is 5.75 Å². The zero-order valence-electron chi connectivity index (χ0n) is 11.4. The van der Waals surface area contributed by atoms with E-state index >= 15 is 0 Å². The topological polar surface area (TPSA) is 47.3 Å². The molecule has 0 heterocycles. The van der Waals surface area contributed by atoms with Crippen LogP contribution in [0.5, 0.6) is 5.75 Å². The lowest BCUT2D eigenvalue weighted by atomic mass is 9.99. The first-order valence-electron chi connectivity index (χ1n) is 6.28. The summed E-state index contributed by atoms with van der Waals surface area (Å²) in [5.41, 5.74) is 4.82. The summed E-state index contributed by atoms with van der Waals surface area (Å²) in [5, 5.41) is 1.03. The van der Waals surface area contributed by atoms with E-state index in [-0.39, 0.29) is 6.04 Å². The average molecular weight is 390 g/mol. The molecule has 3 nitrogen and oxygen atoms in total. The molecule has 0 amide bonds. The summed E-state index contributed by atoms with van der Waals surface area (Å²) in [4.78, 5) is 0. The molecule has 0 bridgehead atoms. The molecular weight excluding hydrogens is 375 g/mol. The minimum atomic E-state index is -0.0945. The lowest BCUT2D eigenvalue weighted by Crippen LogP contribution is -2.29. The van der Waals surface area contributed by atoms with Gasteiger partial charge in [-0.1, -0.05) is 45.2 Å². The van der Waals surface area contributed by atoms with E-state index in [1.807, 2.05) is 30.3 Å². The molecule has 0 saturated carbocycles. The fourth-order valence-corrected chi connectivity index (χ4v) is 2.84.